The van der Waals surface area contributed by atoms with Crippen LogP contribution < -0.4 is 0 Å². The number of carbonyl (C=O) groups excluding carboxylic acids is 4. The summed E-state index contributed by atoms with van der Waals surface area (Å²) in [6, 6.07) is 0. The van der Waals surface area contributed by atoms with Gasteiger partial charge in [-0.05, 0) is 52.2 Å². The second-order valence-corrected chi connectivity index (χ2v) is 12.4. The van der Waals surface area contributed by atoms with Gasteiger partial charge < -0.3 is 24.1 Å². The summed E-state index contributed by atoms with van der Waals surface area (Å²) >= 11 is 0. The maximum absolute atomic E-state index is 13.4. The molecule has 4 fully saturated rings. The minimum Gasteiger partial charge on any atom is -0.459 e. The first kappa shape index (κ1) is 26.1. The first-order valence-corrected chi connectivity index (χ1v) is 13.1. The average Bonchev–Trinajstić information content (AvgIpc) is 3.33. The molecule has 2 aliphatic carbocycles. The van der Waals surface area contributed by atoms with E-state index >= 15 is 0 Å². The molecule has 0 amide bonds. The van der Waals surface area contributed by atoms with Crippen molar-refractivity contribution in [3.8, 4) is 0 Å². The summed E-state index contributed by atoms with van der Waals surface area (Å²) in [6.45, 7) is 10.3. The normalized spacial score (nSPS) is 42.9. The zero-order valence-corrected chi connectivity index (χ0v) is 22.3. The van der Waals surface area contributed by atoms with Crippen molar-refractivity contribution < 1.29 is 43.2 Å². The average molecular weight is 517 g/mol. The van der Waals surface area contributed by atoms with Gasteiger partial charge in [-0.3, -0.25) is 14.4 Å². The van der Waals surface area contributed by atoms with Crippen molar-refractivity contribution in [2.75, 3.05) is 0 Å². The van der Waals surface area contributed by atoms with Gasteiger partial charge in [-0.1, -0.05) is 13.8 Å². The van der Waals surface area contributed by atoms with Crippen LogP contribution in [-0.2, 0) is 38.1 Å². The molecule has 0 radical (unpaired) electrons. The largest absolute Gasteiger partial charge is 0.459 e. The molecule has 0 aromatic rings. The summed E-state index contributed by atoms with van der Waals surface area (Å²) in [6.07, 6.45) is 4.33. The van der Waals surface area contributed by atoms with Gasteiger partial charge in [-0.2, -0.15) is 0 Å². The number of allylic oxidation sites excluding steroid dienone is 1. The van der Waals surface area contributed by atoms with Gasteiger partial charge in [0.2, 0.25) is 5.79 Å². The van der Waals surface area contributed by atoms with E-state index in [4.69, 9.17) is 18.9 Å². The summed E-state index contributed by atoms with van der Waals surface area (Å²) in [5.74, 6) is -3.78. The van der Waals surface area contributed by atoms with Crippen LogP contribution in [-0.4, -0.2) is 51.9 Å². The van der Waals surface area contributed by atoms with Crippen molar-refractivity contribution >= 4 is 23.7 Å². The van der Waals surface area contributed by atoms with E-state index in [1.807, 2.05) is 13.8 Å². The monoisotopic (exact) mass is 516 g/mol. The lowest BCUT2D eigenvalue weighted by Gasteiger charge is -2.41. The minimum absolute atomic E-state index is 0.0547. The van der Waals surface area contributed by atoms with Gasteiger partial charge in [0, 0.05) is 42.1 Å². The number of ether oxygens (including phenoxy) is 4. The summed E-state index contributed by atoms with van der Waals surface area (Å²) in [7, 11) is 0. The molecular formula is C28H36O9. The highest BCUT2D eigenvalue weighted by Crippen LogP contribution is 2.68. The summed E-state index contributed by atoms with van der Waals surface area (Å²) in [5.41, 5.74) is -2.52. The Hall–Kier alpha value is -2.52. The zero-order chi connectivity index (χ0) is 27.1. The predicted molar refractivity (Wildman–Crippen MR) is 128 cm³/mol. The molecule has 5 rings (SSSR count). The molecule has 202 valence electrons. The number of rotatable bonds is 4. The molecule has 8 atom stereocenters. The van der Waals surface area contributed by atoms with Crippen LogP contribution in [0.1, 0.15) is 73.6 Å². The highest BCUT2D eigenvalue weighted by atomic mass is 16.7. The Kier molecular flexibility index (Phi) is 5.81. The molecule has 9 heteroatoms. The Labute approximate surface area is 216 Å². The van der Waals surface area contributed by atoms with E-state index in [1.165, 1.54) is 6.92 Å². The van der Waals surface area contributed by atoms with Gasteiger partial charge in [0.05, 0.1) is 24.0 Å². The van der Waals surface area contributed by atoms with E-state index < -0.39 is 52.3 Å². The number of hydrogen-bond acceptors (Lipinski definition) is 9. The molecule has 3 aliphatic heterocycles. The van der Waals surface area contributed by atoms with Crippen LogP contribution >= 0.6 is 0 Å². The van der Waals surface area contributed by atoms with Crippen LogP contribution in [0.25, 0.3) is 0 Å². The molecule has 2 saturated carbocycles. The van der Waals surface area contributed by atoms with E-state index in [0.717, 1.165) is 0 Å². The van der Waals surface area contributed by atoms with Gasteiger partial charge in [-0.25, -0.2) is 4.79 Å². The molecule has 9 nitrogen and oxygen atoms in total. The van der Waals surface area contributed by atoms with E-state index in [-0.39, 0.29) is 36.4 Å². The fourth-order valence-corrected chi connectivity index (χ4v) is 7.87. The Morgan fingerprint density at radius 1 is 1.22 bits per heavy atom. The van der Waals surface area contributed by atoms with Crippen LogP contribution in [0.5, 0.6) is 0 Å². The number of ketones is 1. The number of fused-ring (bicyclic) bond motifs is 5. The third-order valence-corrected chi connectivity index (χ3v) is 9.55. The van der Waals surface area contributed by atoms with Crippen LogP contribution in [0.15, 0.2) is 23.5 Å². The first-order valence-electron chi connectivity index (χ1n) is 13.1. The molecule has 0 aromatic carbocycles. The molecule has 3 heterocycles. The first-order chi connectivity index (χ1) is 17.1. The Morgan fingerprint density at radius 2 is 1.92 bits per heavy atom. The van der Waals surface area contributed by atoms with Crippen molar-refractivity contribution in [3.63, 3.8) is 0 Å². The fourth-order valence-electron chi connectivity index (χ4n) is 7.87. The summed E-state index contributed by atoms with van der Waals surface area (Å²) in [5, 5.41) is 11.8. The van der Waals surface area contributed by atoms with Gasteiger partial charge >= 0.3 is 17.9 Å². The third-order valence-electron chi connectivity index (χ3n) is 9.55. The van der Waals surface area contributed by atoms with E-state index in [1.54, 1.807) is 32.9 Å². The van der Waals surface area contributed by atoms with Crippen LogP contribution in [0.2, 0.25) is 0 Å². The van der Waals surface area contributed by atoms with Gasteiger partial charge in [0.25, 0.3) is 0 Å². The molecule has 0 spiro atoms. The number of carbonyl (C=O) groups is 4. The molecule has 0 bridgehead atoms. The SMILES string of the molecule is CC(=O)OC(C)(C)[C@@H]1CC[C@@H]2[C@H]3O[C@@]4([C@H](C)/C=C5/C=C(C)C(=O)O5)OC(=O)C[C@]4(C)[C@H]3C[C@]2(O)CC1=O. The Morgan fingerprint density at radius 3 is 2.54 bits per heavy atom. The van der Waals surface area contributed by atoms with E-state index in [2.05, 4.69) is 0 Å². The smallest absolute Gasteiger partial charge is 0.339 e. The fraction of sp³-hybridized carbons (Fsp3) is 0.714. The van der Waals surface area contributed by atoms with Crippen molar-refractivity contribution in [2.45, 2.75) is 96.7 Å². The summed E-state index contributed by atoms with van der Waals surface area (Å²) < 4.78 is 23.5. The second kappa shape index (κ2) is 8.24. The lowest BCUT2D eigenvalue weighted by Crippen LogP contribution is -2.50. The number of hydrogen-bond donors (Lipinski definition) is 1. The van der Waals surface area contributed by atoms with Gasteiger partial charge in [0.1, 0.15) is 17.1 Å². The van der Waals surface area contributed by atoms with E-state index in [0.29, 0.717) is 30.6 Å². The maximum atomic E-state index is 13.4. The number of aliphatic hydroxyl groups is 1. The second-order valence-electron chi connectivity index (χ2n) is 12.4. The topological polar surface area (TPSA) is 125 Å². The molecule has 2 saturated heterocycles. The highest BCUT2D eigenvalue weighted by molar-refractivity contribution is 5.92. The van der Waals surface area contributed by atoms with Crippen LogP contribution in [0.4, 0.5) is 0 Å². The number of esters is 3. The molecule has 0 unspecified atom stereocenters. The molecule has 5 aliphatic rings. The van der Waals surface area contributed by atoms with Gasteiger partial charge in [0.15, 0.2) is 0 Å². The predicted octanol–water partition coefficient (Wildman–Crippen LogP) is 3.14. The Bertz CT molecular complexity index is 1130. The van der Waals surface area contributed by atoms with Crippen molar-refractivity contribution in [1.82, 2.24) is 0 Å². The van der Waals surface area contributed by atoms with Crippen LogP contribution in [0.3, 0.4) is 0 Å². The van der Waals surface area contributed by atoms with Crippen molar-refractivity contribution in [2.24, 2.45) is 29.1 Å². The van der Waals surface area contributed by atoms with Crippen molar-refractivity contribution in [1.29, 1.82) is 0 Å². The lowest BCUT2D eigenvalue weighted by atomic mass is 9.66. The standard InChI is InChI=1S/C28H36O9/c1-14-9-17(34-24(14)32)10-15(2)28-26(6,13-22(31)36-28)20-11-27(33)12-21(30)18(25(4,5)35-16(3)29)7-8-19(27)23(20)37-28/h9-10,15,18-20,23,33H,7-8,11-13H2,1-6H3/b17-10-/t15-,18-,19-,20+,23-,26-,27+,28-/m1/s1. The molecular weight excluding hydrogens is 480 g/mol. The minimum atomic E-state index is -1.28. The lowest BCUT2D eigenvalue weighted by molar-refractivity contribution is -0.256. The quantitative estimate of drug-likeness (QED) is 0.443. The molecule has 0 aromatic heterocycles. The highest BCUT2D eigenvalue weighted by Gasteiger charge is 2.76. The third kappa shape index (κ3) is 3.80. The Balaban J connectivity index is 1.45. The molecule has 1 N–H and O–H groups in total. The molecule has 37 heavy (non-hydrogen) atoms. The van der Waals surface area contributed by atoms with E-state index in [9.17, 15) is 24.3 Å². The van der Waals surface area contributed by atoms with Crippen molar-refractivity contribution in [3.05, 3.63) is 23.5 Å². The van der Waals surface area contributed by atoms with Crippen LogP contribution in [0, 0.1) is 29.1 Å². The number of cyclic esters (lactones) is 1. The maximum Gasteiger partial charge on any atom is 0.339 e. The number of Topliss-reactive ketones (excluding diaryl/α,β-unsaturated/α-hetero) is 1. The van der Waals surface area contributed by atoms with Gasteiger partial charge in [-0.15, -0.1) is 0 Å². The summed E-state index contributed by atoms with van der Waals surface area (Å²) in [4.78, 5) is 49.5. The zero-order valence-electron chi connectivity index (χ0n) is 22.3.